The third kappa shape index (κ3) is 1.83. The fraction of sp³-hybridized carbons (Fsp3) is 0. The molecule has 0 atom stereocenters. The van der Waals surface area contributed by atoms with Gasteiger partial charge in [0.25, 0.3) is 0 Å². The van der Waals surface area contributed by atoms with Crippen molar-refractivity contribution in [1.29, 1.82) is 0 Å². The second-order valence-electron chi connectivity index (χ2n) is 2.84. The summed E-state index contributed by atoms with van der Waals surface area (Å²) in [6, 6.07) is 7.38. The van der Waals surface area contributed by atoms with Crippen molar-refractivity contribution in [2.45, 2.75) is 0 Å². The molecule has 0 aliphatic heterocycles. The Balaban J connectivity index is 2.44. The number of nitrogen functional groups attached to an aromatic ring is 1. The van der Waals surface area contributed by atoms with Crippen molar-refractivity contribution in [3.05, 3.63) is 41.7 Å². The lowest BCUT2D eigenvalue weighted by Crippen LogP contribution is -1.93. The van der Waals surface area contributed by atoms with E-state index in [9.17, 15) is 0 Å². The van der Waals surface area contributed by atoms with Gasteiger partial charge in [0.05, 0.1) is 18.1 Å². The van der Waals surface area contributed by atoms with Crippen LogP contribution >= 0.6 is 11.6 Å². The third-order valence-electron chi connectivity index (χ3n) is 1.79. The Bertz CT molecular complexity index is 439. The topological polar surface area (TPSA) is 51.8 Å². The zero-order chi connectivity index (χ0) is 9.97. The van der Waals surface area contributed by atoms with E-state index in [4.69, 9.17) is 17.3 Å². The van der Waals surface area contributed by atoms with Gasteiger partial charge in [-0.25, -0.2) is 4.98 Å². The first-order chi connectivity index (χ1) is 6.75. The zero-order valence-electron chi connectivity index (χ0n) is 7.31. The standard InChI is InChI=1S/C10H8ClN3/c11-8-3-1-7(2-4-8)9-5-13-6-10(12)14-9/h1-6H,(H2,12,14). The van der Waals surface area contributed by atoms with E-state index < -0.39 is 0 Å². The SMILES string of the molecule is Nc1cncc(-c2ccc(Cl)cc2)n1. The largest absolute Gasteiger partial charge is 0.382 e. The van der Waals surface area contributed by atoms with Gasteiger partial charge in [-0.1, -0.05) is 23.7 Å². The molecule has 0 saturated heterocycles. The second-order valence-corrected chi connectivity index (χ2v) is 3.27. The van der Waals surface area contributed by atoms with E-state index >= 15 is 0 Å². The Morgan fingerprint density at radius 1 is 1.07 bits per heavy atom. The molecule has 70 valence electrons. The highest BCUT2D eigenvalue weighted by Crippen LogP contribution is 2.19. The van der Waals surface area contributed by atoms with Gasteiger partial charge in [0, 0.05) is 10.6 Å². The Morgan fingerprint density at radius 2 is 1.79 bits per heavy atom. The molecule has 4 heteroatoms. The van der Waals surface area contributed by atoms with E-state index in [0.717, 1.165) is 11.3 Å². The van der Waals surface area contributed by atoms with E-state index in [2.05, 4.69) is 9.97 Å². The Kier molecular flexibility index (Phi) is 2.33. The second kappa shape index (κ2) is 3.64. The van der Waals surface area contributed by atoms with Crippen molar-refractivity contribution in [3.63, 3.8) is 0 Å². The number of halogens is 1. The summed E-state index contributed by atoms with van der Waals surface area (Å²) in [6.07, 6.45) is 3.18. The molecule has 0 saturated carbocycles. The average molecular weight is 206 g/mol. The normalized spacial score (nSPS) is 10.1. The molecule has 1 heterocycles. The Hall–Kier alpha value is -1.61. The van der Waals surface area contributed by atoms with Crippen LogP contribution in [0.5, 0.6) is 0 Å². The molecule has 0 aliphatic rings. The van der Waals surface area contributed by atoms with Crippen molar-refractivity contribution >= 4 is 17.4 Å². The van der Waals surface area contributed by atoms with Crippen molar-refractivity contribution < 1.29 is 0 Å². The van der Waals surface area contributed by atoms with Gasteiger partial charge in [0.2, 0.25) is 0 Å². The van der Waals surface area contributed by atoms with E-state index in [1.807, 2.05) is 24.3 Å². The number of nitrogens with zero attached hydrogens (tertiary/aromatic N) is 2. The van der Waals surface area contributed by atoms with Crippen LogP contribution in [0.3, 0.4) is 0 Å². The molecule has 0 spiro atoms. The summed E-state index contributed by atoms with van der Waals surface area (Å²) in [4.78, 5) is 8.11. The summed E-state index contributed by atoms with van der Waals surface area (Å²) in [5.41, 5.74) is 7.23. The van der Waals surface area contributed by atoms with Crippen LogP contribution in [0, 0.1) is 0 Å². The van der Waals surface area contributed by atoms with Crippen molar-refractivity contribution in [3.8, 4) is 11.3 Å². The number of hydrogen-bond acceptors (Lipinski definition) is 3. The molecule has 2 N–H and O–H groups in total. The van der Waals surface area contributed by atoms with Gasteiger partial charge in [-0.05, 0) is 12.1 Å². The highest BCUT2D eigenvalue weighted by atomic mass is 35.5. The molecule has 0 radical (unpaired) electrons. The van der Waals surface area contributed by atoms with Crippen LogP contribution in [0.25, 0.3) is 11.3 Å². The minimum Gasteiger partial charge on any atom is -0.382 e. The predicted octanol–water partition coefficient (Wildman–Crippen LogP) is 2.38. The van der Waals surface area contributed by atoms with Crippen molar-refractivity contribution in [2.24, 2.45) is 0 Å². The minimum atomic E-state index is 0.414. The predicted molar refractivity (Wildman–Crippen MR) is 56.9 cm³/mol. The number of nitrogens with two attached hydrogens (primary N) is 1. The van der Waals surface area contributed by atoms with Gasteiger partial charge in [0.1, 0.15) is 5.82 Å². The lowest BCUT2D eigenvalue weighted by atomic mass is 10.2. The van der Waals surface area contributed by atoms with Gasteiger partial charge < -0.3 is 5.73 Å². The van der Waals surface area contributed by atoms with Gasteiger partial charge in [-0.2, -0.15) is 0 Å². The molecule has 0 unspecified atom stereocenters. The van der Waals surface area contributed by atoms with E-state index in [1.54, 1.807) is 6.20 Å². The van der Waals surface area contributed by atoms with Crippen LogP contribution in [0.2, 0.25) is 5.02 Å². The summed E-state index contributed by atoms with van der Waals surface area (Å²) >= 11 is 5.77. The number of benzene rings is 1. The van der Waals surface area contributed by atoms with Gasteiger partial charge in [-0.15, -0.1) is 0 Å². The van der Waals surface area contributed by atoms with Crippen molar-refractivity contribution in [1.82, 2.24) is 9.97 Å². The zero-order valence-corrected chi connectivity index (χ0v) is 8.07. The van der Waals surface area contributed by atoms with Gasteiger partial charge in [0.15, 0.2) is 0 Å². The lowest BCUT2D eigenvalue weighted by Gasteiger charge is -2.00. The highest BCUT2D eigenvalue weighted by Gasteiger charge is 1.99. The first-order valence-corrected chi connectivity index (χ1v) is 4.47. The molecular weight excluding hydrogens is 198 g/mol. The first kappa shape index (κ1) is 8.97. The lowest BCUT2D eigenvalue weighted by molar-refractivity contribution is 1.22. The molecule has 0 aliphatic carbocycles. The maximum Gasteiger partial charge on any atom is 0.142 e. The van der Waals surface area contributed by atoms with Crippen molar-refractivity contribution in [2.75, 3.05) is 5.73 Å². The molecule has 0 fully saturated rings. The Morgan fingerprint density at radius 3 is 2.43 bits per heavy atom. The first-order valence-electron chi connectivity index (χ1n) is 4.09. The van der Waals surface area contributed by atoms with E-state index in [-0.39, 0.29) is 0 Å². The monoisotopic (exact) mass is 205 g/mol. The molecular formula is C10H8ClN3. The summed E-state index contributed by atoms with van der Waals surface area (Å²) in [7, 11) is 0. The molecule has 1 aromatic heterocycles. The molecule has 2 rings (SSSR count). The smallest absolute Gasteiger partial charge is 0.142 e. The summed E-state index contributed by atoms with van der Waals surface area (Å²) < 4.78 is 0. The van der Waals surface area contributed by atoms with Gasteiger partial charge >= 0.3 is 0 Å². The Labute approximate surface area is 86.6 Å². The van der Waals surface area contributed by atoms with Gasteiger partial charge in [-0.3, -0.25) is 4.98 Å². The highest BCUT2D eigenvalue weighted by molar-refractivity contribution is 6.30. The molecule has 0 amide bonds. The maximum absolute atomic E-state index is 5.77. The summed E-state index contributed by atoms with van der Waals surface area (Å²) in [6.45, 7) is 0. The van der Waals surface area contributed by atoms with E-state index in [0.29, 0.717) is 10.8 Å². The van der Waals surface area contributed by atoms with E-state index in [1.165, 1.54) is 6.20 Å². The van der Waals surface area contributed by atoms with Crippen LogP contribution in [0.1, 0.15) is 0 Å². The fourth-order valence-electron chi connectivity index (χ4n) is 1.14. The molecule has 2 aromatic rings. The number of anilines is 1. The number of aromatic nitrogens is 2. The molecule has 3 nitrogen and oxygen atoms in total. The van der Waals surface area contributed by atoms with Crippen LogP contribution < -0.4 is 5.73 Å². The molecule has 14 heavy (non-hydrogen) atoms. The van der Waals surface area contributed by atoms with Crippen LogP contribution in [0.15, 0.2) is 36.7 Å². The third-order valence-corrected chi connectivity index (χ3v) is 2.05. The summed E-state index contributed by atoms with van der Waals surface area (Å²) in [5, 5.41) is 0.700. The number of hydrogen-bond donors (Lipinski definition) is 1. The maximum atomic E-state index is 5.77. The van der Waals surface area contributed by atoms with Crippen LogP contribution in [-0.4, -0.2) is 9.97 Å². The van der Waals surface area contributed by atoms with Crippen LogP contribution in [0.4, 0.5) is 5.82 Å². The van der Waals surface area contributed by atoms with Crippen LogP contribution in [-0.2, 0) is 0 Å². The quantitative estimate of drug-likeness (QED) is 0.778. The molecule has 0 bridgehead atoms. The molecule has 1 aromatic carbocycles. The minimum absolute atomic E-state index is 0.414. The summed E-state index contributed by atoms with van der Waals surface area (Å²) in [5.74, 6) is 0.414. The number of rotatable bonds is 1. The fourth-order valence-corrected chi connectivity index (χ4v) is 1.27. The average Bonchev–Trinajstić information content (AvgIpc) is 2.19.